The molecule has 3 nitrogen and oxygen atoms in total. The van der Waals surface area contributed by atoms with Crippen molar-refractivity contribution in [1.82, 2.24) is 4.98 Å². The van der Waals surface area contributed by atoms with E-state index in [2.05, 4.69) is 16.8 Å². The van der Waals surface area contributed by atoms with Gasteiger partial charge in [-0.15, -0.1) is 0 Å². The van der Waals surface area contributed by atoms with E-state index in [1.54, 1.807) is 12.3 Å². The average molecular weight is 185 g/mol. The highest BCUT2D eigenvalue weighted by Crippen LogP contribution is 1.99. The van der Waals surface area contributed by atoms with Gasteiger partial charge in [0.15, 0.2) is 0 Å². The van der Waals surface area contributed by atoms with E-state index >= 15 is 0 Å². The van der Waals surface area contributed by atoms with Gasteiger partial charge in [0.05, 0.1) is 5.56 Å². The van der Waals surface area contributed by atoms with Crippen LogP contribution in [0.1, 0.15) is 24.0 Å². The monoisotopic (exact) mass is 185 g/mol. The first-order chi connectivity index (χ1) is 6.86. The molecule has 0 aromatic carbocycles. The number of hydrogen-bond donors (Lipinski definition) is 1. The van der Waals surface area contributed by atoms with Crippen LogP contribution in [0.5, 0.6) is 0 Å². The fraction of sp³-hybridized carbons (Fsp3) is 0.273. The van der Waals surface area contributed by atoms with Crippen molar-refractivity contribution in [2.24, 2.45) is 5.73 Å². The van der Waals surface area contributed by atoms with Gasteiger partial charge in [0.25, 0.3) is 0 Å². The van der Waals surface area contributed by atoms with E-state index in [1.807, 2.05) is 6.07 Å². The Bertz CT molecular complexity index is 393. The van der Waals surface area contributed by atoms with E-state index in [-0.39, 0.29) is 0 Å². The summed E-state index contributed by atoms with van der Waals surface area (Å²) in [6.45, 7) is 0.658. The first-order valence-electron chi connectivity index (χ1n) is 4.41. The van der Waals surface area contributed by atoms with Gasteiger partial charge in [-0.25, -0.2) is 0 Å². The molecule has 1 heterocycles. The predicted molar refractivity (Wildman–Crippen MR) is 54.1 cm³/mol. The summed E-state index contributed by atoms with van der Waals surface area (Å²) in [5.74, 6) is 5.91. The molecule has 0 saturated heterocycles. The number of unbranched alkanes of at least 4 members (excludes halogenated alkanes) is 1. The van der Waals surface area contributed by atoms with Gasteiger partial charge in [-0.05, 0) is 19.0 Å². The molecule has 0 saturated carbocycles. The lowest BCUT2D eigenvalue weighted by Crippen LogP contribution is -1.96. The minimum absolute atomic E-state index is 0.538. The van der Waals surface area contributed by atoms with Crippen molar-refractivity contribution in [2.75, 3.05) is 6.54 Å². The smallest absolute Gasteiger partial charge is 0.101 e. The molecule has 0 spiro atoms. The Hall–Kier alpha value is -1.84. The fourth-order valence-electron chi connectivity index (χ4n) is 0.924. The van der Waals surface area contributed by atoms with E-state index in [9.17, 15) is 0 Å². The number of hydrogen-bond acceptors (Lipinski definition) is 3. The number of aromatic nitrogens is 1. The van der Waals surface area contributed by atoms with Crippen LogP contribution >= 0.6 is 0 Å². The Morgan fingerprint density at radius 3 is 2.86 bits per heavy atom. The summed E-state index contributed by atoms with van der Waals surface area (Å²) < 4.78 is 0. The summed E-state index contributed by atoms with van der Waals surface area (Å²) in [4.78, 5) is 3.90. The second-order valence-corrected chi connectivity index (χ2v) is 2.77. The maximum absolute atomic E-state index is 8.62. The fourth-order valence-corrected chi connectivity index (χ4v) is 0.924. The first kappa shape index (κ1) is 10.2. The topological polar surface area (TPSA) is 62.7 Å². The summed E-state index contributed by atoms with van der Waals surface area (Å²) in [6.07, 6.45) is 4.85. The molecule has 0 aliphatic rings. The number of nitriles is 1. The lowest BCUT2D eigenvalue weighted by atomic mass is 10.2. The van der Waals surface area contributed by atoms with Gasteiger partial charge in [0.1, 0.15) is 6.07 Å². The normalized spacial score (nSPS) is 8.57. The number of nitrogens with two attached hydrogens (primary N) is 1. The van der Waals surface area contributed by atoms with Crippen LogP contribution in [0.25, 0.3) is 0 Å². The first-order valence-corrected chi connectivity index (χ1v) is 4.41. The molecule has 70 valence electrons. The van der Waals surface area contributed by atoms with Crippen LogP contribution in [-0.2, 0) is 0 Å². The van der Waals surface area contributed by atoms with Crippen LogP contribution in [-0.4, -0.2) is 11.5 Å². The lowest BCUT2D eigenvalue weighted by Gasteiger charge is -1.89. The Morgan fingerprint density at radius 2 is 2.14 bits per heavy atom. The Morgan fingerprint density at radius 1 is 1.36 bits per heavy atom. The van der Waals surface area contributed by atoms with Gasteiger partial charge in [-0.3, -0.25) is 4.98 Å². The molecule has 1 aromatic heterocycles. The minimum Gasteiger partial charge on any atom is -0.330 e. The van der Waals surface area contributed by atoms with Crippen molar-refractivity contribution in [1.29, 1.82) is 5.26 Å². The SMILES string of the molecule is N#Cc1cncc(C#CCCCN)c1. The number of rotatable bonds is 2. The van der Waals surface area contributed by atoms with Gasteiger partial charge in [0, 0.05) is 24.4 Å². The van der Waals surface area contributed by atoms with Gasteiger partial charge < -0.3 is 5.73 Å². The number of nitrogens with zero attached hydrogens (tertiary/aromatic N) is 2. The van der Waals surface area contributed by atoms with Crippen molar-refractivity contribution >= 4 is 0 Å². The van der Waals surface area contributed by atoms with E-state index in [1.165, 1.54) is 6.20 Å². The molecule has 1 rings (SSSR count). The van der Waals surface area contributed by atoms with Gasteiger partial charge >= 0.3 is 0 Å². The largest absolute Gasteiger partial charge is 0.330 e. The van der Waals surface area contributed by atoms with Crippen LogP contribution in [0.2, 0.25) is 0 Å². The van der Waals surface area contributed by atoms with E-state index in [0.29, 0.717) is 12.1 Å². The molecule has 0 amide bonds. The molecule has 0 radical (unpaired) electrons. The Balaban J connectivity index is 2.66. The van der Waals surface area contributed by atoms with Crippen molar-refractivity contribution in [3.8, 4) is 17.9 Å². The Labute approximate surface area is 83.6 Å². The second-order valence-electron chi connectivity index (χ2n) is 2.77. The highest BCUT2D eigenvalue weighted by molar-refractivity contribution is 5.38. The third kappa shape index (κ3) is 3.26. The van der Waals surface area contributed by atoms with Crippen LogP contribution in [0.15, 0.2) is 18.5 Å². The third-order valence-corrected chi connectivity index (χ3v) is 1.61. The summed E-state index contributed by atoms with van der Waals surface area (Å²) in [6, 6.07) is 3.74. The molecule has 0 fully saturated rings. The summed E-state index contributed by atoms with van der Waals surface area (Å²) in [5.41, 5.74) is 6.65. The lowest BCUT2D eigenvalue weighted by molar-refractivity contribution is 0.870. The molecule has 1 aromatic rings. The zero-order chi connectivity index (χ0) is 10.2. The van der Waals surface area contributed by atoms with Crippen molar-refractivity contribution in [3.05, 3.63) is 29.6 Å². The average Bonchev–Trinajstić information content (AvgIpc) is 2.25. The van der Waals surface area contributed by atoms with Crippen LogP contribution < -0.4 is 5.73 Å². The molecule has 0 aliphatic carbocycles. The molecule has 0 atom stereocenters. The van der Waals surface area contributed by atoms with Gasteiger partial charge in [-0.2, -0.15) is 5.26 Å². The van der Waals surface area contributed by atoms with Crippen LogP contribution in [0.3, 0.4) is 0 Å². The van der Waals surface area contributed by atoms with E-state index in [4.69, 9.17) is 11.0 Å². The van der Waals surface area contributed by atoms with Crippen molar-refractivity contribution < 1.29 is 0 Å². The summed E-state index contributed by atoms with van der Waals surface area (Å²) in [5, 5.41) is 8.62. The predicted octanol–water partition coefficient (Wildman–Crippen LogP) is 1.04. The number of pyridine rings is 1. The standard InChI is InChI=1S/C11H11N3/c12-5-3-1-2-4-10-6-11(7-13)9-14-8-10/h6,8-9H,1,3,5,12H2. The van der Waals surface area contributed by atoms with E-state index in [0.717, 1.165) is 18.4 Å². The molecule has 0 aliphatic heterocycles. The third-order valence-electron chi connectivity index (χ3n) is 1.61. The van der Waals surface area contributed by atoms with Gasteiger partial charge in [0.2, 0.25) is 0 Å². The highest BCUT2D eigenvalue weighted by atomic mass is 14.6. The van der Waals surface area contributed by atoms with Crippen molar-refractivity contribution in [3.63, 3.8) is 0 Å². The molecule has 3 heteroatoms. The molecule has 0 bridgehead atoms. The molecule has 14 heavy (non-hydrogen) atoms. The van der Waals surface area contributed by atoms with Gasteiger partial charge in [-0.1, -0.05) is 11.8 Å². The summed E-state index contributed by atoms with van der Waals surface area (Å²) in [7, 11) is 0. The molecular formula is C11H11N3. The van der Waals surface area contributed by atoms with Crippen molar-refractivity contribution in [2.45, 2.75) is 12.8 Å². The minimum atomic E-state index is 0.538. The summed E-state index contributed by atoms with van der Waals surface area (Å²) >= 11 is 0. The molecular weight excluding hydrogens is 174 g/mol. The maximum Gasteiger partial charge on any atom is 0.101 e. The van der Waals surface area contributed by atoms with Crippen LogP contribution in [0, 0.1) is 23.2 Å². The second kappa shape index (κ2) is 5.75. The van der Waals surface area contributed by atoms with E-state index < -0.39 is 0 Å². The molecule has 2 N–H and O–H groups in total. The highest BCUT2D eigenvalue weighted by Gasteiger charge is 1.91. The quantitative estimate of drug-likeness (QED) is 0.553. The zero-order valence-electron chi connectivity index (χ0n) is 7.83. The molecule has 0 unspecified atom stereocenters. The van der Waals surface area contributed by atoms with Crippen LogP contribution in [0.4, 0.5) is 0 Å². The zero-order valence-corrected chi connectivity index (χ0v) is 7.83. The Kier molecular flexibility index (Phi) is 4.20. The maximum atomic E-state index is 8.62.